The first-order chi connectivity index (χ1) is 16.3. The summed E-state index contributed by atoms with van der Waals surface area (Å²) in [6, 6.07) is 27.2. The number of hydrogen-bond acceptors (Lipinski definition) is 3. The molecular formula is C29H32N2O3. The topological polar surface area (TPSA) is 58.6 Å². The van der Waals surface area contributed by atoms with Gasteiger partial charge in [0.05, 0.1) is 6.04 Å². The average molecular weight is 457 g/mol. The lowest BCUT2D eigenvalue weighted by atomic mass is 9.87. The Morgan fingerprint density at radius 3 is 2.24 bits per heavy atom. The summed E-state index contributed by atoms with van der Waals surface area (Å²) in [7, 11) is 0. The average Bonchev–Trinajstić information content (AvgIpc) is 2.82. The fourth-order valence-corrected chi connectivity index (χ4v) is 4.50. The molecule has 2 atom stereocenters. The largest absolute Gasteiger partial charge is 0.444 e. The van der Waals surface area contributed by atoms with Crippen molar-refractivity contribution in [3.63, 3.8) is 0 Å². The highest BCUT2D eigenvalue weighted by Crippen LogP contribution is 2.35. The summed E-state index contributed by atoms with van der Waals surface area (Å²) in [5, 5.41) is 2.86. The molecule has 1 aliphatic rings. The molecule has 1 unspecified atom stereocenters. The van der Waals surface area contributed by atoms with Gasteiger partial charge in [0.2, 0.25) is 5.91 Å². The molecule has 5 nitrogen and oxygen atoms in total. The van der Waals surface area contributed by atoms with Crippen LogP contribution in [-0.4, -0.2) is 35.1 Å². The van der Waals surface area contributed by atoms with Crippen LogP contribution >= 0.6 is 0 Å². The molecule has 3 aromatic carbocycles. The third kappa shape index (κ3) is 5.66. The van der Waals surface area contributed by atoms with Crippen LogP contribution in [0.5, 0.6) is 0 Å². The van der Waals surface area contributed by atoms with Crippen LogP contribution in [0.2, 0.25) is 0 Å². The van der Waals surface area contributed by atoms with E-state index < -0.39 is 17.7 Å². The van der Waals surface area contributed by atoms with Gasteiger partial charge in [0, 0.05) is 13.0 Å². The molecule has 1 heterocycles. The summed E-state index contributed by atoms with van der Waals surface area (Å²) >= 11 is 0. The Morgan fingerprint density at radius 2 is 1.56 bits per heavy atom. The third-order valence-corrected chi connectivity index (χ3v) is 5.95. The monoisotopic (exact) mass is 456 g/mol. The Morgan fingerprint density at radius 1 is 0.941 bits per heavy atom. The van der Waals surface area contributed by atoms with Crippen LogP contribution in [0.25, 0.3) is 0 Å². The highest BCUT2D eigenvalue weighted by Gasteiger charge is 2.36. The van der Waals surface area contributed by atoms with Gasteiger partial charge in [-0.1, -0.05) is 84.9 Å². The predicted molar refractivity (Wildman–Crippen MR) is 133 cm³/mol. The van der Waals surface area contributed by atoms with Crippen LogP contribution < -0.4 is 5.32 Å². The van der Waals surface area contributed by atoms with Crippen molar-refractivity contribution in [1.82, 2.24) is 10.2 Å². The number of rotatable bonds is 5. The molecule has 0 fully saturated rings. The van der Waals surface area contributed by atoms with Gasteiger partial charge in [0.25, 0.3) is 0 Å². The minimum Gasteiger partial charge on any atom is -0.444 e. The van der Waals surface area contributed by atoms with E-state index in [1.807, 2.05) is 86.3 Å². The van der Waals surface area contributed by atoms with Gasteiger partial charge >= 0.3 is 6.09 Å². The molecule has 0 bridgehead atoms. The van der Waals surface area contributed by atoms with E-state index in [1.54, 1.807) is 0 Å². The summed E-state index contributed by atoms with van der Waals surface area (Å²) < 4.78 is 5.49. The van der Waals surface area contributed by atoms with Gasteiger partial charge in [-0.2, -0.15) is 0 Å². The van der Waals surface area contributed by atoms with Crippen molar-refractivity contribution in [2.75, 3.05) is 6.54 Å². The molecule has 0 spiro atoms. The lowest BCUT2D eigenvalue weighted by Gasteiger charge is -2.39. The molecule has 3 aromatic rings. The van der Waals surface area contributed by atoms with Gasteiger partial charge in [-0.3, -0.25) is 4.79 Å². The van der Waals surface area contributed by atoms with Crippen LogP contribution in [0, 0.1) is 0 Å². The van der Waals surface area contributed by atoms with Crippen LogP contribution in [0.4, 0.5) is 4.79 Å². The van der Waals surface area contributed by atoms with Crippen molar-refractivity contribution >= 4 is 12.0 Å². The first kappa shape index (κ1) is 23.6. The number of carbonyl (C=O) groups excluding carboxylic acids is 2. The molecule has 0 aliphatic carbocycles. The molecule has 0 aromatic heterocycles. The lowest BCUT2D eigenvalue weighted by molar-refractivity contribution is -0.135. The zero-order valence-corrected chi connectivity index (χ0v) is 20.0. The van der Waals surface area contributed by atoms with Gasteiger partial charge in [0.15, 0.2) is 0 Å². The number of carbonyl (C=O) groups is 2. The van der Waals surface area contributed by atoms with Crippen molar-refractivity contribution in [3.05, 3.63) is 107 Å². The van der Waals surface area contributed by atoms with Gasteiger partial charge < -0.3 is 15.0 Å². The SMILES string of the molecule is CC(C)(C)OC(=O)N[C@@H](Cc1ccccc1)C(=O)N1CCc2ccccc2C1c1ccccc1. The maximum absolute atomic E-state index is 14.1. The highest BCUT2D eigenvalue weighted by molar-refractivity contribution is 5.87. The molecule has 34 heavy (non-hydrogen) atoms. The molecule has 1 aliphatic heterocycles. The van der Waals surface area contributed by atoms with E-state index >= 15 is 0 Å². The first-order valence-corrected chi connectivity index (χ1v) is 11.8. The molecule has 5 heteroatoms. The van der Waals surface area contributed by atoms with E-state index in [4.69, 9.17) is 4.74 Å². The number of benzene rings is 3. The normalized spacial score (nSPS) is 16.3. The molecule has 0 radical (unpaired) electrons. The Labute approximate surface area is 201 Å². The van der Waals surface area contributed by atoms with Crippen LogP contribution in [0.3, 0.4) is 0 Å². The van der Waals surface area contributed by atoms with Crippen LogP contribution in [0.1, 0.15) is 49.1 Å². The molecule has 2 amide bonds. The first-order valence-electron chi connectivity index (χ1n) is 11.8. The zero-order valence-electron chi connectivity index (χ0n) is 20.0. The number of nitrogens with zero attached hydrogens (tertiary/aromatic N) is 1. The van der Waals surface area contributed by atoms with E-state index in [2.05, 4.69) is 29.6 Å². The second-order valence-corrected chi connectivity index (χ2v) is 9.68. The van der Waals surface area contributed by atoms with E-state index in [0.29, 0.717) is 13.0 Å². The Bertz CT molecular complexity index is 1120. The van der Waals surface area contributed by atoms with E-state index in [9.17, 15) is 9.59 Å². The number of fused-ring (bicyclic) bond motifs is 1. The van der Waals surface area contributed by atoms with Crippen LogP contribution in [-0.2, 0) is 22.4 Å². The number of hydrogen-bond donors (Lipinski definition) is 1. The summed E-state index contributed by atoms with van der Waals surface area (Å²) in [6.45, 7) is 6.02. The fraction of sp³-hybridized carbons (Fsp3) is 0.310. The molecule has 0 saturated heterocycles. The second kappa shape index (κ2) is 10.1. The van der Waals surface area contributed by atoms with E-state index in [-0.39, 0.29) is 11.9 Å². The summed E-state index contributed by atoms with van der Waals surface area (Å²) in [5.74, 6) is -0.113. The zero-order chi connectivity index (χ0) is 24.1. The minimum absolute atomic E-state index is 0.113. The Hall–Kier alpha value is -3.60. The number of nitrogens with one attached hydrogen (secondary N) is 1. The summed E-state index contributed by atoms with van der Waals surface area (Å²) in [5.41, 5.74) is 3.76. The van der Waals surface area contributed by atoms with Gasteiger partial charge in [0.1, 0.15) is 11.6 Å². The Kier molecular flexibility index (Phi) is 7.01. The molecule has 4 rings (SSSR count). The predicted octanol–water partition coefficient (Wildman–Crippen LogP) is 5.30. The van der Waals surface area contributed by atoms with Gasteiger partial charge in [-0.15, -0.1) is 0 Å². The van der Waals surface area contributed by atoms with Crippen molar-refractivity contribution in [2.24, 2.45) is 0 Å². The minimum atomic E-state index is -0.742. The van der Waals surface area contributed by atoms with E-state index in [0.717, 1.165) is 23.1 Å². The lowest BCUT2D eigenvalue weighted by Crippen LogP contribution is -2.53. The smallest absolute Gasteiger partial charge is 0.408 e. The number of ether oxygens (including phenoxy) is 1. The number of amides is 2. The quantitative estimate of drug-likeness (QED) is 0.567. The van der Waals surface area contributed by atoms with Gasteiger partial charge in [-0.05, 0) is 49.4 Å². The molecule has 1 N–H and O–H groups in total. The number of alkyl carbamates (subject to hydrolysis) is 1. The molecular weight excluding hydrogens is 424 g/mol. The van der Waals surface area contributed by atoms with E-state index in [1.165, 1.54) is 5.56 Å². The highest BCUT2D eigenvalue weighted by atomic mass is 16.6. The standard InChI is InChI=1S/C29H32N2O3/c1-29(2,3)34-28(33)30-25(20-21-12-6-4-7-13-21)27(32)31-19-18-22-14-10-11-17-24(22)26(31)23-15-8-5-9-16-23/h4-17,25-26H,18-20H2,1-3H3,(H,30,33)/t25-,26?/m0/s1. The fourth-order valence-electron chi connectivity index (χ4n) is 4.50. The van der Waals surface area contributed by atoms with Crippen molar-refractivity contribution in [2.45, 2.75) is 51.3 Å². The maximum atomic E-state index is 14.1. The molecule has 176 valence electrons. The summed E-state index contributed by atoms with van der Waals surface area (Å²) in [6.07, 6.45) is 0.573. The second-order valence-electron chi connectivity index (χ2n) is 9.68. The van der Waals surface area contributed by atoms with Crippen molar-refractivity contribution in [1.29, 1.82) is 0 Å². The molecule has 0 saturated carbocycles. The van der Waals surface area contributed by atoms with Crippen molar-refractivity contribution < 1.29 is 14.3 Å². The van der Waals surface area contributed by atoms with Crippen molar-refractivity contribution in [3.8, 4) is 0 Å². The van der Waals surface area contributed by atoms with Crippen LogP contribution in [0.15, 0.2) is 84.9 Å². The summed E-state index contributed by atoms with van der Waals surface area (Å²) in [4.78, 5) is 28.7. The third-order valence-electron chi connectivity index (χ3n) is 5.95. The Balaban J connectivity index is 1.67. The van der Waals surface area contributed by atoms with Gasteiger partial charge in [-0.25, -0.2) is 4.79 Å². The maximum Gasteiger partial charge on any atom is 0.408 e.